The van der Waals surface area contributed by atoms with Crippen molar-refractivity contribution in [2.75, 3.05) is 26.8 Å². The van der Waals surface area contributed by atoms with Gasteiger partial charge in [-0.05, 0) is 32.2 Å². The second-order valence-corrected chi connectivity index (χ2v) is 6.47. The first-order valence-corrected chi connectivity index (χ1v) is 7.44. The smallest absolute Gasteiger partial charge is 0.0817 e. The normalized spacial score (nSPS) is 35.0. The van der Waals surface area contributed by atoms with Crippen molar-refractivity contribution in [3.8, 4) is 6.07 Å². The molecule has 1 saturated heterocycles. The van der Waals surface area contributed by atoms with Crippen LogP contribution in [0.2, 0.25) is 0 Å². The van der Waals surface area contributed by atoms with Gasteiger partial charge >= 0.3 is 0 Å². The van der Waals surface area contributed by atoms with Crippen molar-refractivity contribution in [3.05, 3.63) is 0 Å². The van der Waals surface area contributed by atoms with Crippen LogP contribution >= 0.6 is 0 Å². The fraction of sp³-hybridized carbons (Fsp3) is 0.933. The minimum Gasteiger partial charge on any atom is -0.388 e. The number of nitrogens with zero attached hydrogens (tertiary/aromatic N) is 2. The Hall–Kier alpha value is -0.630. The molecule has 1 aliphatic carbocycles. The van der Waals surface area contributed by atoms with E-state index in [1.807, 2.05) is 0 Å². The van der Waals surface area contributed by atoms with Crippen LogP contribution in [0.25, 0.3) is 0 Å². The number of nitriles is 1. The van der Waals surface area contributed by atoms with Crippen LogP contribution in [0.1, 0.15) is 39.0 Å². The second-order valence-electron chi connectivity index (χ2n) is 6.47. The monoisotopic (exact) mass is 266 g/mol. The summed E-state index contributed by atoms with van der Waals surface area (Å²) < 4.78 is 5.32. The van der Waals surface area contributed by atoms with Crippen molar-refractivity contribution in [2.45, 2.75) is 50.7 Å². The summed E-state index contributed by atoms with van der Waals surface area (Å²) in [5, 5.41) is 19.9. The summed E-state index contributed by atoms with van der Waals surface area (Å²) in [5.74, 6) is 0.797. The first kappa shape index (κ1) is 14.8. The van der Waals surface area contributed by atoms with E-state index >= 15 is 0 Å². The molecule has 3 atom stereocenters. The SMILES string of the molecule is CC1CCC(C#N)C(N(C)CC2(O)CCOCC2)C1. The molecule has 2 rings (SSSR count). The van der Waals surface area contributed by atoms with Gasteiger partial charge in [0, 0.05) is 38.6 Å². The molecule has 0 aromatic rings. The maximum absolute atomic E-state index is 10.6. The third-order valence-corrected chi connectivity index (χ3v) is 4.78. The van der Waals surface area contributed by atoms with Gasteiger partial charge in [0.1, 0.15) is 0 Å². The standard InChI is InChI=1S/C15H26N2O2/c1-12-3-4-13(10-16)14(9-12)17(2)11-15(18)5-7-19-8-6-15/h12-14,18H,3-9,11H2,1-2H3. The van der Waals surface area contributed by atoms with Gasteiger partial charge in [-0.1, -0.05) is 6.92 Å². The van der Waals surface area contributed by atoms with Crippen molar-refractivity contribution in [2.24, 2.45) is 11.8 Å². The van der Waals surface area contributed by atoms with E-state index in [2.05, 4.69) is 24.9 Å². The van der Waals surface area contributed by atoms with Crippen LogP contribution in [0.5, 0.6) is 0 Å². The van der Waals surface area contributed by atoms with Gasteiger partial charge in [-0.25, -0.2) is 0 Å². The molecule has 0 spiro atoms. The lowest BCUT2D eigenvalue weighted by molar-refractivity contribution is -0.0855. The highest BCUT2D eigenvalue weighted by molar-refractivity contribution is 4.98. The number of hydrogen-bond acceptors (Lipinski definition) is 4. The van der Waals surface area contributed by atoms with E-state index in [1.54, 1.807) is 0 Å². The summed E-state index contributed by atoms with van der Waals surface area (Å²) in [6.45, 7) is 4.21. The van der Waals surface area contributed by atoms with Crippen molar-refractivity contribution < 1.29 is 9.84 Å². The van der Waals surface area contributed by atoms with Crippen molar-refractivity contribution in [1.29, 1.82) is 5.26 Å². The Labute approximate surface area is 116 Å². The van der Waals surface area contributed by atoms with Gasteiger partial charge in [0.05, 0.1) is 17.6 Å². The number of likely N-dealkylation sites (N-methyl/N-ethyl adjacent to an activating group) is 1. The summed E-state index contributed by atoms with van der Waals surface area (Å²) in [6, 6.07) is 2.75. The molecule has 4 nitrogen and oxygen atoms in total. The van der Waals surface area contributed by atoms with E-state index in [4.69, 9.17) is 4.74 Å². The van der Waals surface area contributed by atoms with Gasteiger partial charge in [0.15, 0.2) is 0 Å². The molecular weight excluding hydrogens is 240 g/mol. The Morgan fingerprint density at radius 3 is 2.68 bits per heavy atom. The molecule has 0 aromatic carbocycles. The van der Waals surface area contributed by atoms with Gasteiger partial charge < -0.3 is 9.84 Å². The Morgan fingerprint density at radius 1 is 1.37 bits per heavy atom. The topological polar surface area (TPSA) is 56.5 Å². The molecule has 2 aliphatic rings. The Kier molecular flexibility index (Phi) is 4.83. The van der Waals surface area contributed by atoms with Crippen LogP contribution in [0.3, 0.4) is 0 Å². The van der Waals surface area contributed by atoms with Crippen LogP contribution < -0.4 is 0 Å². The summed E-state index contributed by atoms with van der Waals surface area (Å²) >= 11 is 0. The minimum absolute atomic E-state index is 0.115. The van der Waals surface area contributed by atoms with Crippen LogP contribution in [-0.4, -0.2) is 48.5 Å². The number of hydrogen-bond donors (Lipinski definition) is 1. The molecule has 1 saturated carbocycles. The molecule has 4 heteroatoms. The molecule has 1 aliphatic heterocycles. The quantitative estimate of drug-likeness (QED) is 0.846. The highest BCUT2D eigenvalue weighted by Crippen LogP contribution is 2.33. The molecule has 0 bridgehead atoms. The van der Waals surface area contributed by atoms with Gasteiger partial charge in [0.25, 0.3) is 0 Å². The third-order valence-electron chi connectivity index (χ3n) is 4.78. The zero-order valence-electron chi connectivity index (χ0n) is 12.1. The molecule has 2 fully saturated rings. The predicted molar refractivity (Wildman–Crippen MR) is 73.5 cm³/mol. The van der Waals surface area contributed by atoms with Gasteiger partial charge in [-0.2, -0.15) is 5.26 Å². The van der Waals surface area contributed by atoms with Crippen LogP contribution in [0.15, 0.2) is 0 Å². The highest BCUT2D eigenvalue weighted by atomic mass is 16.5. The zero-order chi connectivity index (χ0) is 13.9. The molecule has 3 unspecified atom stereocenters. The Balaban J connectivity index is 1.97. The molecule has 1 heterocycles. The lowest BCUT2D eigenvalue weighted by Crippen LogP contribution is -2.51. The van der Waals surface area contributed by atoms with E-state index in [1.165, 1.54) is 0 Å². The molecule has 108 valence electrons. The summed E-state index contributed by atoms with van der Waals surface area (Å²) in [4.78, 5) is 2.22. The summed E-state index contributed by atoms with van der Waals surface area (Å²) in [6.07, 6.45) is 4.63. The largest absolute Gasteiger partial charge is 0.388 e. The summed E-state index contributed by atoms with van der Waals surface area (Å²) in [5.41, 5.74) is -0.631. The molecule has 19 heavy (non-hydrogen) atoms. The fourth-order valence-electron chi connectivity index (χ4n) is 3.48. The summed E-state index contributed by atoms with van der Waals surface area (Å²) in [7, 11) is 2.06. The lowest BCUT2D eigenvalue weighted by Gasteiger charge is -2.42. The van der Waals surface area contributed by atoms with Crippen molar-refractivity contribution in [1.82, 2.24) is 4.90 Å². The van der Waals surface area contributed by atoms with E-state index in [0.717, 1.165) is 19.3 Å². The Morgan fingerprint density at radius 2 is 2.05 bits per heavy atom. The number of aliphatic hydroxyl groups is 1. The third kappa shape index (κ3) is 3.68. The van der Waals surface area contributed by atoms with E-state index in [9.17, 15) is 10.4 Å². The van der Waals surface area contributed by atoms with Crippen LogP contribution in [0, 0.1) is 23.2 Å². The zero-order valence-corrected chi connectivity index (χ0v) is 12.1. The second kappa shape index (κ2) is 6.21. The molecule has 1 N–H and O–H groups in total. The average Bonchev–Trinajstić information content (AvgIpc) is 2.39. The molecular formula is C15H26N2O2. The average molecular weight is 266 g/mol. The fourth-order valence-corrected chi connectivity index (χ4v) is 3.48. The molecule has 0 aromatic heterocycles. The first-order chi connectivity index (χ1) is 9.04. The van der Waals surface area contributed by atoms with E-state index in [0.29, 0.717) is 44.6 Å². The minimum atomic E-state index is -0.631. The van der Waals surface area contributed by atoms with Gasteiger partial charge in [-0.15, -0.1) is 0 Å². The first-order valence-electron chi connectivity index (χ1n) is 7.44. The van der Waals surface area contributed by atoms with Gasteiger partial charge in [0.2, 0.25) is 0 Å². The number of ether oxygens (including phenoxy) is 1. The van der Waals surface area contributed by atoms with Crippen molar-refractivity contribution >= 4 is 0 Å². The van der Waals surface area contributed by atoms with Gasteiger partial charge in [-0.3, -0.25) is 4.90 Å². The maximum Gasteiger partial charge on any atom is 0.0817 e. The van der Waals surface area contributed by atoms with Crippen LogP contribution in [0.4, 0.5) is 0 Å². The number of rotatable bonds is 3. The Bertz CT molecular complexity index is 334. The van der Waals surface area contributed by atoms with Crippen molar-refractivity contribution in [3.63, 3.8) is 0 Å². The lowest BCUT2D eigenvalue weighted by atomic mass is 9.78. The maximum atomic E-state index is 10.6. The van der Waals surface area contributed by atoms with E-state index in [-0.39, 0.29) is 5.92 Å². The molecule has 0 radical (unpaired) electrons. The van der Waals surface area contributed by atoms with Crippen LogP contribution in [-0.2, 0) is 4.74 Å². The van der Waals surface area contributed by atoms with E-state index < -0.39 is 5.60 Å². The predicted octanol–water partition coefficient (Wildman–Crippen LogP) is 1.79. The molecule has 0 amide bonds. The highest BCUT2D eigenvalue weighted by Gasteiger charge is 2.37.